The van der Waals surface area contributed by atoms with Gasteiger partial charge >= 0.3 is 0 Å². The Kier molecular flexibility index (Phi) is 4.13. The van der Waals surface area contributed by atoms with Crippen LogP contribution in [0.15, 0.2) is 30.5 Å². The van der Waals surface area contributed by atoms with Crippen molar-refractivity contribution in [2.24, 2.45) is 5.92 Å². The summed E-state index contributed by atoms with van der Waals surface area (Å²) in [6, 6.07) is 8.35. The summed E-state index contributed by atoms with van der Waals surface area (Å²) >= 11 is 0. The quantitative estimate of drug-likeness (QED) is 0.908. The largest absolute Gasteiger partial charge is 0.367 e. The van der Waals surface area contributed by atoms with E-state index in [1.54, 1.807) is 6.20 Å². The van der Waals surface area contributed by atoms with Gasteiger partial charge in [-0.1, -0.05) is 19.4 Å². The van der Waals surface area contributed by atoms with Crippen molar-refractivity contribution < 1.29 is 0 Å². The first-order chi connectivity index (χ1) is 10.3. The van der Waals surface area contributed by atoms with Crippen LogP contribution < -0.4 is 5.32 Å². The van der Waals surface area contributed by atoms with E-state index in [2.05, 4.69) is 40.2 Å². The zero-order valence-corrected chi connectivity index (χ0v) is 12.7. The summed E-state index contributed by atoms with van der Waals surface area (Å²) in [5.41, 5.74) is 1.88. The first kappa shape index (κ1) is 14.0. The summed E-state index contributed by atoms with van der Waals surface area (Å²) in [6.07, 6.45) is 6.69. The van der Waals surface area contributed by atoms with Gasteiger partial charge in [0.25, 0.3) is 0 Å². The van der Waals surface area contributed by atoms with Crippen LogP contribution in [-0.4, -0.2) is 21.0 Å². The number of hydrogen-bond donors (Lipinski definition) is 1. The Morgan fingerprint density at radius 2 is 2.14 bits per heavy atom. The molecule has 0 amide bonds. The van der Waals surface area contributed by atoms with Crippen LogP contribution in [0.25, 0.3) is 11.5 Å². The van der Waals surface area contributed by atoms with Crippen LogP contribution in [0.1, 0.15) is 38.8 Å². The van der Waals surface area contributed by atoms with E-state index >= 15 is 0 Å². The highest BCUT2D eigenvalue weighted by Crippen LogP contribution is 2.31. The standard InChI is InChI=1S/C17H22N4/c1-3-14-11-16(19-12(2)13-7-6-8-13)21-17(20-14)15-9-4-5-10-18-15/h4-5,9-13H,3,6-8H2,1-2H3,(H,19,20,21). The Balaban J connectivity index is 1.86. The fourth-order valence-corrected chi connectivity index (χ4v) is 2.65. The lowest BCUT2D eigenvalue weighted by atomic mass is 9.80. The van der Waals surface area contributed by atoms with Crippen molar-refractivity contribution in [1.29, 1.82) is 0 Å². The Bertz CT molecular complexity index is 593. The summed E-state index contributed by atoms with van der Waals surface area (Å²) in [6.45, 7) is 4.36. The van der Waals surface area contributed by atoms with Crippen LogP contribution in [0, 0.1) is 5.92 Å². The van der Waals surface area contributed by atoms with Gasteiger partial charge in [-0.15, -0.1) is 0 Å². The van der Waals surface area contributed by atoms with Gasteiger partial charge in [0, 0.05) is 24.0 Å². The molecule has 2 heterocycles. The van der Waals surface area contributed by atoms with E-state index in [1.165, 1.54) is 19.3 Å². The van der Waals surface area contributed by atoms with Crippen molar-refractivity contribution >= 4 is 5.82 Å². The number of anilines is 1. The highest BCUT2D eigenvalue weighted by Gasteiger charge is 2.24. The topological polar surface area (TPSA) is 50.7 Å². The molecule has 2 aromatic rings. The lowest BCUT2D eigenvalue weighted by molar-refractivity contribution is 0.285. The number of aromatic nitrogens is 3. The van der Waals surface area contributed by atoms with Gasteiger partial charge in [0.05, 0.1) is 0 Å². The van der Waals surface area contributed by atoms with E-state index in [-0.39, 0.29) is 0 Å². The van der Waals surface area contributed by atoms with Crippen molar-refractivity contribution in [1.82, 2.24) is 15.0 Å². The van der Waals surface area contributed by atoms with Crippen LogP contribution in [0.3, 0.4) is 0 Å². The molecule has 0 radical (unpaired) electrons. The van der Waals surface area contributed by atoms with Crippen LogP contribution in [0.2, 0.25) is 0 Å². The fraction of sp³-hybridized carbons (Fsp3) is 0.471. The van der Waals surface area contributed by atoms with Gasteiger partial charge < -0.3 is 5.32 Å². The van der Waals surface area contributed by atoms with Gasteiger partial charge in [-0.05, 0) is 44.2 Å². The second kappa shape index (κ2) is 6.20. The maximum Gasteiger partial charge on any atom is 0.180 e. The summed E-state index contributed by atoms with van der Waals surface area (Å²) < 4.78 is 0. The van der Waals surface area contributed by atoms with Crippen molar-refractivity contribution in [2.75, 3.05) is 5.32 Å². The lowest BCUT2D eigenvalue weighted by Crippen LogP contribution is -2.31. The van der Waals surface area contributed by atoms with Crippen molar-refractivity contribution in [2.45, 2.75) is 45.6 Å². The minimum atomic E-state index is 0.468. The van der Waals surface area contributed by atoms with Crippen LogP contribution in [0.5, 0.6) is 0 Å². The summed E-state index contributed by atoms with van der Waals surface area (Å²) in [5.74, 6) is 2.41. The lowest BCUT2D eigenvalue weighted by Gasteiger charge is -2.32. The fourth-order valence-electron chi connectivity index (χ4n) is 2.65. The average molecular weight is 282 g/mol. The Hall–Kier alpha value is -1.97. The molecule has 110 valence electrons. The molecule has 4 heteroatoms. The van der Waals surface area contributed by atoms with Gasteiger partial charge in [0.2, 0.25) is 0 Å². The second-order valence-corrected chi connectivity index (χ2v) is 5.76. The summed E-state index contributed by atoms with van der Waals surface area (Å²) in [5, 5.41) is 3.55. The molecule has 0 spiro atoms. The van der Waals surface area contributed by atoms with E-state index in [4.69, 9.17) is 0 Å². The Morgan fingerprint density at radius 3 is 2.76 bits per heavy atom. The van der Waals surface area contributed by atoms with E-state index in [9.17, 15) is 0 Å². The third kappa shape index (κ3) is 3.20. The zero-order valence-electron chi connectivity index (χ0n) is 12.7. The van der Waals surface area contributed by atoms with Gasteiger partial charge in [-0.3, -0.25) is 4.98 Å². The highest BCUT2D eigenvalue weighted by molar-refractivity contribution is 5.53. The molecule has 3 rings (SSSR count). The van der Waals surface area contributed by atoms with Gasteiger partial charge in [0.1, 0.15) is 11.5 Å². The molecule has 0 saturated heterocycles. The number of pyridine rings is 1. The highest BCUT2D eigenvalue weighted by atomic mass is 15.1. The summed E-state index contributed by atoms with van der Waals surface area (Å²) in [4.78, 5) is 13.6. The van der Waals surface area contributed by atoms with Crippen LogP contribution in [0.4, 0.5) is 5.82 Å². The molecule has 4 nitrogen and oxygen atoms in total. The minimum Gasteiger partial charge on any atom is -0.367 e. The maximum absolute atomic E-state index is 4.65. The minimum absolute atomic E-state index is 0.468. The average Bonchev–Trinajstić information content (AvgIpc) is 2.46. The molecule has 1 aliphatic carbocycles. The molecular weight excluding hydrogens is 260 g/mol. The molecule has 1 aliphatic rings. The molecule has 0 aromatic carbocycles. The van der Waals surface area contributed by atoms with Crippen LogP contribution in [-0.2, 0) is 6.42 Å². The third-order valence-corrected chi connectivity index (χ3v) is 4.27. The number of nitrogens with one attached hydrogen (secondary N) is 1. The predicted octanol–water partition coefficient (Wildman–Crippen LogP) is 3.70. The molecule has 1 atom stereocenters. The van der Waals surface area contributed by atoms with E-state index in [0.717, 1.165) is 29.5 Å². The number of nitrogens with zero attached hydrogens (tertiary/aromatic N) is 3. The smallest absolute Gasteiger partial charge is 0.180 e. The Labute approximate surface area is 126 Å². The SMILES string of the molecule is CCc1cc(NC(C)C2CCC2)nc(-c2ccccn2)n1. The van der Waals surface area contributed by atoms with E-state index < -0.39 is 0 Å². The molecule has 1 saturated carbocycles. The Morgan fingerprint density at radius 1 is 1.29 bits per heavy atom. The van der Waals surface area contributed by atoms with E-state index in [0.29, 0.717) is 11.9 Å². The number of aryl methyl sites for hydroxylation is 1. The van der Waals surface area contributed by atoms with Crippen molar-refractivity contribution in [3.05, 3.63) is 36.2 Å². The molecule has 0 bridgehead atoms. The third-order valence-electron chi connectivity index (χ3n) is 4.27. The molecule has 21 heavy (non-hydrogen) atoms. The van der Waals surface area contributed by atoms with Crippen LogP contribution >= 0.6 is 0 Å². The number of rotatable bonds is 5. The molecule has 1 fully saturated rings. The molecule has 1 N–H and O–H groups in total. The monoisotopic (exact) mass is 282 g/mol. The predicted molar refractivity (Wildman–Crippen MR) is 85.1 cm³/mol. The van der Waals surface area contributed by atoms with Gasteiger partial charge in [-0.2, -0.15) is 0 Å². The summed E-state index contributed by atoms with van der Waals surface area (Å²) in [7, 11) is 0. The first-order valence-corrected chi connectivity index (χ1v) is 7.82. The maximum atomic E-state index is 4.65. The molecular formula is C17H22N4. The molecule has 0 aliphatic heterocycles. The van der Waals surface area contributed by atoms with Crippen molar-refractivity contribution in [3.63, 3.8) is 0 Å². The van der Waals surface area contributed by atoms with Gasteiger partial charge in [-0.25, -0.2) is 9.97 Å². The normalized spacial score (nSPS) is 16.3. The van der Waals surface area contributed by atoms with E-state index in [1.807, 2.05) is 18.2 Å². The van der Waals surface area contributed by atoms with Gasteiger partial charge in [0.15, 0.2) is 5.82 Å². The first-order valence-electron chi connectivity index (χ1n) is 7.82. The molecule has 1 unspecified atom stereocenters. The number of hydrogen-bond acceptors (Lipinski definition) is 4. The molecule has 2 aromatic heterocycles. The zero-order chi connectivity index (χ0) is 14.7. The van der Waals surface area contributed by atoms with Crippen molar-refractivity contribution in [3.8, 4) is 11.5 Å². The second-order valence-electron chi connectivity index (χ2n) is 5.76.